The first-order chi connectivity index (χ1) is 11.5. The number of carbonyl (C=O) groups excluding carboxylic acids is 2. The monoisotopic (exact) mass is 322 g/mol. The Bertz CT molecular complexity index is 815. The van der Waals surface area contributed by atoms with E-state index >= 15 is 0 Å². The number of amidine groups is 1. The molecule has 6 heteroatoms. The number of hydrogen-bond donors (Lipinski definition) is 2. The summed E-state index contributed by atoms with van der Waals surface area (Å²) in [5, 5.41) is 4.13. The first-order valence-electron chi connectivity index (χ1n) is 7.62. The first kappa shape index (κ1) is 15.7. The molecule has 0 fully saturated rings. The number of hydrogen-bond acceptors (Lipinski definition) is 4. The number of amides is 2. The maximum atomic E-state index is 12.4. The van der Waals surface area contributed by atoms with Crippen molar-refractivity contribution in [2.24, 2.45) is 4.99 Å². The molecule has 6 nitrogen and oxygen atoms in total. The van der Waals surface area contributed by atoms with Gasteiger partial charge in [0.15, 0.2) is 0 Å². The summed E-state index contributed by atoms with van der Waals surface area (Å²) in [6.45, 7) is 3.92. The van der Waals surface area contributed by atoms with Crippen LogP contribution in [0.3, 0.4) is 0 Å². The molecule has 1 heterocycles. The van der Waals surface area contributed by atoms with Gasteiger partial charge in [-0.25, -0.2) is 5.01 Å². The van der Waals surface area contributed by atoms with Gasteiger partial charge in [0, 0.05) is 5.69 Å². The molecule has 122 valence electrons. The van der Waals surface area contributed by atoms with Crippen LogP contribution in [-0.4, -0.2) is 24.2 Å². The largest absolute Gasteiger partial charge is 0.319 e. The Balaban J connectivity index is 1.75. The van der Waals surface area contributed by atoms with Crippen LogP contribution in [0.4, 0.5) is 11.4 Å². The molecule has 2 amide bonds. The lowest BCUT2D eigenvalue weighted by Gasteiger charge is -2.27. The summed E-state index contributed by atoms with van der Waals surface area (Å²) in [5.41, 5.74) is 6.38. The Kier molecular flexibility index (Phi) is 4.29. The van der Waals surface area contributed by atoms with Crippen molar-refractivity contribution >= 4 is 29.0 Å². The van der Waals surface area contributed by atoms with Crippen LogP contribution in [0.2, 0.25) is 0 Å². The van der Waals surface area contributed by atoms with Gasteiger partial charge in [0.2, 0.25) is 5.84 Å². The molecular weight excluding hydrogens is 304 g/mol. The fourth-order valence-electron chi connectivity index (χ4n) is 2.34. The number of para-hydroxylation sites is 1. The highest BCUT2D eigenvalue weighted by Crippen LogP contribution is 2.15. The summed E-state index contributed by atoms with van der Waals surface area (Å²) in [7, 11) is 0. The highest BCUT2D eigenvalue weighted by Gasteiger charge is 2.25. The van der Waals surface area contributed by atoms with Crippen LogP contribution < -0.4 is 15.8 Å². The molecule has 24 heavy (non-hydrogen) atoms. The van der Waals surface area contributed by atoms with E-state index in [0.29, 0.717) is 11.4 Å². The van der Waals surface area contributed by atoms with Crippen molar-refractivity contribution in [1.29, 1.82) is 0 Å². The number of benzene rings is 2. The standard InChI is InChI=1S/C18H18N4O2/c1-12-8-9-14(10-13(12)2)20-18(24)17-19-11-16(23)22(21-17)15-6-4-3-5-7-15/h3-10H,11H2,1-2H3,(H,19,21)(H,20,24). The van der Waals surface area contributed by atoms with Crippen LogP contribution in [0, 0.1) is 13.8 Å². The molecule has 0 aromatic heterocycles. The van der Waals surface area contributed by atoms with Gasteiger partial charge in [-0.2, -0.15) is 0 Å². The van der Waals surface area contributed by atoms with E-state index in [4.69, 9.17) is 0 Å². The Hall–Kier alpha value is -3.15. The molecule has 0 saturated carbocycles. The van der Waals surface area contributed by atoms with Gasteiger partial charge in [0.1, 0.15) is 6.54 Å². The Labute approximate surface area is 140 Å². The Morgan fingerprint density at radius 3 is 2.58 bits per heavy atom. The summed E-state index contributed by atoms with van der Waals surface area (Å²) in [5.74, 6) is -0.493. The van der Waals surface area contributed by atoms with Crippen LogP contribution >= 0.6 is 0 Å². The van der Waals surface area contributed by atoms with Crippen LogP contribution in [0.5, 0.6) is 0 Å². The van der Waals surface area contributed by atoms with Crippen LogP contribution in [0.25, 0.3) is 0 Å². The molecule has 1 aliphatic heterocycles. The Morgan fingerprint density at radius 2 is 1.88 bits per heavy atom. The van der Waals surface area contributed by atoms with Gasteiger partial charge < -0.3 is 5.32 Å². The topological polar surface area (TPSA) is 73.8 Å². The second kappa shape index (κ2) is 6.54. The molecule has 0 spiro atoms. The van der Waals surface area contributed by atoms with E-state index in [1.54, 1.807) is 12.1 Å². The number of aryl methyl sites for hydroxylation is 2. The van der Waals surface area contributed by atoms with Crippen molar-refractivity contribution in [3.05, 3.63) is 59.7 Å². The summed E-state index contributed by atoms with van der Waals surface area (Å²) < 4.78 is 0. The van der Waals surface area contributed by atoms with E-state index in [-0.39, 0.29) is 24.2 Å². The molecule has 0 aliphatic carbocycles. The second-order valence-corrected chi connectivity index (χ2v) is 5.59. The van der Waals surface area contributed by atoms with E-state index in [2.05, 4.69) is 15.7 Å². The zero-order valence-corrected chi connectivity index (χ0v) is 13.5. The lowest BCUT2D eigenvalue weighted by molar-refractivity contribution is -0.118. The van der Waals surface area contributed by atoms with Crippen molar-refractivity contribution in [1.82, 2.24) is 5.43 Å². The zero-order valence-electron chi connectivity index (χ0n) is 13.5. The maximum Gasteiger partial charge on any atom is 0.292 e. The molecule has 0 unspecified atom stereocenters. The maximum absolute atomic E-state index is 12.4. The van der Waals surface area contributed by atoms with Crippen molar-refractivity contribution in [3.63, 3.8) is 0 Å². The molecule has 0 saturated heterocycles. The predicted octanol–water partition coefficient (Wildman–Crippen LogP) is 2.19. The third kappa shape index (κ3) is 3.27. The first-order valence-corrected chi connectivity index (χ1v) is 7.62. The lowest BCUT2D eigenvalue weighted by Crippen LogP contribution is -2.54. The molecule has 2 N–H and O–H groups in total. The predicted molar refractivity (Wildman–Crippen MR) is 93.9 cm³/mol. The average molecular weight is 322 g/mol. The number of nitrogens with one attached hydrogen (secondary N) is 2. The summed E-state index contributed by atoms with van der Waals surface area (Å²) in [6, 6.07) is 14.8. The normalized spacial score (nSPS) is 14.0. The Morgan fingerprint density at radius 1 is 1.12 bits per heavy atom. The zero-order chi connectivity index (χ0) is 17.1. The minimum atomic E-state index is -0.383. The number of rotatable bonds is 3. The third-order valence-electron chi connectivity index (χ3n) is 3.83. The van der Waals surface area contributed by atoms with Crippen molar-refractivity contribution in [2.75, 3.05) is 16.9 Å². The average Bonchev–Trinajstić information content (AvgIpc) is 2.59. The number of hydrazine groups is 1. The van der Waals surface area contributed by atoms with Gasteiger partial charge in [0.25, 0.3) is 11.8 Å². The van der Waals surface area contributed by atoms with Gasteiger partial charge >= 0.3 is 0 Å². The molecule has 0 radical (unpaired) electrons. The fourth-order valence-corrected chi connectivity index (χ4v) is 2.34. The fraction of sp³-hybridized carbons (Fsp3) is 0.167. The highest BCUT2D eigenvalue weighted by atomic mass is 16.2. The van der Waals surface area contributed by atoms with Crippen molar-refractivity contribution in [3.8, 4) is 0 Å². The van der Waals surface area contributed by atoms with Gasteiger partial charge in [0.05, 0.1) is 5.69 Å². The van der Waals surface area contributed by atoms with E-state index in [1.165, 1.54) is 5.01 Å². The van der Waals surface area contributed by atoms with Crippen LogP contribution in [0.1, 0.15) is 11.1 Å². The van der Waals surface area contributed by atoms with Gasteiger partial charge in [-0.15, -0.1) is 0 Å². The van der Waals surface area contributed by atoms with Gasteiger partial charge in [-0.05, 0) is 49.2 Å². The van der Waals surface area contributed by atoms with E-state index < -0.39 is 0 Å². The molecule has 1 aliphatic rings. The van der Waals surface area contributed by atoms with E-state index in [0.717, 1.165) is 11.1 Å². The summed E-state index contributed by atoms with van der Waals surface area (Å²) in [6.07, 6.45) is 0. The van der Waals surface area contributed by atoms with Crippen LogP contribution in [0.15, 0.2) is 53.5 Å². The minimum Gasteiger partial charge on any atom is -0.319 e. The number of aliphatic imine (C=N–C) groups is 1. The van der Waals surface area contributed by atoms with E-state index in [1.807, 2.05) is 50.2 Å². The molecule has 2 aromatic rings. The minimum absolute atomic E-state index is 0.0719. The molecule has 3 rings (SSSR count). The summed E-state index contributed by atoms with van der Waals surface area (Å²) >= 11 is 0. The van der Waals surface area contributed by atoms with Crippen LogP contribution in [-0.2, 0) is 9.59 Å². The van der Waals surface area contributed by atoms with Gasteiger partial charge in [-0.3, -0.25) is 20.0 Å². The molecular formula is C18H18N4O2. The molecule has 2 aromatic carbocycles. The number of carbonyl (C=O) groups is 2. The molecule has 0 atom stereocenters. The number of nitrogens with zero attached hydrogens (tertiary/aromatic N) is 2. The third-order valence-corrected chi connectivity index (χ3v) is 3.83. The van der Waals surface area contributed by atoms with E-state index in [9.17, 15) is 9.59 Å². The lowest BCUT2D eigenvalue weighted by atomic mass is 10.1. The quantitative estimate of drug-likeness (QED) is 0.910. The van der Waals surface area contributed by atoms with Crippen molar-refractivity contribution in [2.45, 2.75) is 13.8 Å². The summed E-state index contributed by atoms with van der Waals surface area (Å²) in [4.78, 5) is 28.5. The number of anilines is 2. The molecule has 0 bridgehead atoms. The smallest absolute Gasteiger partial charge is 0.292 e. The van der Waals surface area contributed by atoms with Crippen molar-refractivity contribution < 1.29 is 9.59 Å². The second-order valence-electron chi connectivity index (χ2n) is 5.59. The SMILES string of the molecule is Cc1ccc(NC(=O)C2=NCC(=O)N(c3ccccc3)N2)cc1C. The highest BCUT2D eigenvalue weighted by molar-refractivity contribution is 6.43. The van der Waals surface area contributed by atoms with Gasteiger partial charge in [-0.1, -0.05) is 24.3 Å².